The third-order valence-electron chi connectivity index (χ3n) is 4.48. The number of aromatic nitrogens is 1. The van der Waals surface area contributed by atoms with Crippen LogP contribution in [0.2, 0.25) is 5.02 Å². The minimum atomic E-state index is 0. The number of anilines is 1. The fourth-order valence-corrected chi connectivity index (χ4v) is 3.78. The van der Waals surface area contributed by atoms with Crippen molar-refractivity contribution in [1.29, 1.82) is 0 Å². The largest absolute Gasteiger partial charge is 0.443 e. The number of piperazine rings is 1. The number of benzene rings is 1. The van der Waals surface area contributed by atoms with Gasteiger partial charge < -0.3 is 20.0 Å². The fraction of sp³-hybridized carbons (Fsp3) is 0.263. The Bertz CT molecular complexity index is 905. The van der Waals surface area contributed by atoms with E-state index >= 15 is 0 Å². The van der Waals surface area contributed by atoms with Crippen molar-refractivity contribution in [3.8, 4) is 10.8 Å². The van der Waals surface area contributed by atoms with E-state index in [1.165, 1.54) is 5.69 Å². The van der Waals surface area contributed by atoms with Crippen LogP contribution in [0, 0.1) is 0 Å². The lowest BCUT2D eigenvalue weighted by Gasteiger charge is -2.36. The maximum Gasteiger partial charge on any atom is 0.236 e. The molecule has 6 nitrogen and oxygen atoms in total. The van der Waals surface area contributed by atoms with Crippen LogP contribution in [0.3, 0.4) is 0 Å². The molecule has 28 heavy (non-hydrogen) atoms. The third kappa shape index (κ3) is 4.98. The normalized spacial score (nSPS) is 14.8. The summed E-state index contributed by atoms with van der Waals surface area (Å²) in [6, 6.07) is 11.9. The maximum absolute atomic E-state index is 6.19. The lowest BCUT2D eigenvalue weighted by Crippen LogP contribution is -2.51. The molecule has 2 aromatic heterocycles. The van der Waals surface area contributed by atoms with Crippen LogP contribution in [0.4, 0.5) is 5.69 Å². The number of halogens is 2. The molecule has 1 aromatic carbocycles. The van der Waals surface area contributed by atoms with E-state index in [-0.39, 0.29) is 24.0 Å². The van der Waals surface area contributed by atoms with Gasteiger partial charge >= 0.3 is 0 Å². The zero-order valence-electron chi connectivity index (χ0n) is 15.1. The molecule has 4 rings (SSSR count). The van der Waals surface area contributed by atoms with Crippen LogP contribution >= 0.6 is 46.9 Å². The lowest BCUT2D eigenvalue weighted by atomic mass is 10.2. The Morgan fingerprint density at radius 3 is 2.61 bits per heavy atom. The Morgan fingerprint density at radius 1 is 1.18 bits per heavy atom. The second kappa shape index (κ2) is 9.62. The molecule has 0 unspecified atom stereocenters. The molecular formula is C19H21ClIN5OS. The summed E-state index contributed by atoms with van der Waals surface area (Å²) < 4.78 is 5.52. The molecule has 1 saturated heterocycles. The van der Waals surface area contributed by atoms with E-state index < -0.39 is 0 Å². The molecule has 0 spiro atoms. The summed E-state index contributed by atoms with van der Waals surface area (Å²) >= 11 is 7.56. The lowest BCUT2D eigenvalue weighted by molar-refractivity contribution is 0.380. The van der Waals surface area contributed by atoms with E-state index in [0.29, 0.717) is 18.4 Å². The number of hydrogen-bond acceptors (Lipinski definition) is 5. The highest BCUT2D eigenvalue weighted by Crippen LogP contribution is 2.24. The molecule has 1 aliphatic rings. The van der Waals surface area contributed by atoms with Gasteiger partial charge in [0.2, 0.25) is 5.89 Å². The third-order valence-corrected chi connectivity index (χ3v) is 5.59. The number of hydrogen-bond donors (Lipinski definition) is 1. The van der Waals surface area contributed by atoms with Crippen molar-refractivity contribution in [3.05, 3.63) is 58.8 Å². The van der Waals surface area contributed by atoms with Gasteiger partial charge in [-0.15, -0.1) is 35.3 Å². The first kappa shape index (κ1) is 20.9. The van der Waals surface area contributed by atoms with Crippen LogP contribution < -0.4 is 10.6 Å². The first-order valence-corrected chi connectivity index (χ1v) is 9.98. The van der Waals surface area contributed by atoms with Gasteiger partial charge in [-0.3, -0.25) is 0 Å². The molecule has 0 aliphatic carbocycles. The number of oxazole rings is 1. The molecule has 0 bridgehead atoms. The number of aliphatic imine (C=N–C) groups is 1. The van der Waals surface area contributed by atoms with Crippen LogP contribution in [-0.2, 0) is 6.54 Å². The Balaban J connectivity index is 0.00000225. The Hall–Kier alpha value is -1.78. The minimum Gasteiger partial charge on any atom is -0.443 e. The van der Waals surface area contributed by atoms with Crippen LogP contribution in [0.1, 0.15) is 5.69 Å². The second-order valence-corrected chi connectivity index (χ2v) is 7.63. The van der Waals surface area contributed by atoms with Crippen molar-refractivity contribution in [2.45, 2.75) is 6.54 Å². The predicted octanol–water partition coefficient (Wildman–Crippen LogP) is 4.31. The van der Waals surface area contributed by atoms with Gasteiger partial charge in [0, 0.05) is 36.9 Å². The molecular weight excluding hydrogens is 509 g/mol. The summed E-state index contributed by atoms with van der Waals surface area (Å²) in [4.78, 5) is 14.4. The molecule has 0 atom stereocenters. The molecule has 3 aromatic rings. The summed E-state index contributed by atoms with van der Waals surface area (Å²) in [6.45, 7) is 3.86. The molecule has 9 heteroatoms. The Morgan fingerprint density at radius 2 is 1.93 bits per heavy atom. The van der Waals surface area contributed by atoms with Gasteiger partial charge in [-0.25, -0.2) is 9.98 Å². The number of nitrogens with two attached hydrogens (primary N) is 1. The first-order chi connectivity index (χ1) is 13.2. The number of rotatable bonds is 4. The molecule has 0 amide bonds. The molecule has 148 valence electrons. The average Bonchev–Trinajstić information content (AvgIpc) is 3.38. The fourth-order valence-electron chi connectivity index (χ4n) is 3.00. The van der Waals surface area contributed by atoms with Crippen molar-refractivity contribution in [1.82, 2.24) is 9.88 Å². The van der Waals surface area contributed by atoms with Gasteiger partial charge in [0.15, 0.2) is 5.96 Å². The molecule has 0 radical (unpaired) electrons. The molecule has 2 N–H and O–H groups in total. The monoisotopic (exact) mass is 529 g/mol. The Kier molecular flexibility index (Phi) is 7.19. The van der Waals surface area contributed by atoms with E-state index in [1.54, 1.807) is 17.6 Å². The zero-order valence-corrected chi connectivity index (χ0v) is 19.0. The van der Waals surface area contributed by atoms with Crippen molar-refractivity contribution < 1.29 is 4.42 Å². The van der Waals surface area contributed by atoms with Crippen molar-refractivity contribution in [3.63, 3.8) is 0 Å². The predicted molar refractivity (Wildman–Crippen MR) is 126 cm³/mol. The summed E-state index contributed by atoms with van der Waals surface area (Å²) in [5.74, 6) is 1.18. The first-order valence-electron chi connectivity index (χ1n) is 8.73. The average molecular weight is 530 g/mol. The van der Waals surface area contributed by atoms with E-state index in [0.717, 1.165) is 41.8 Å². The molecule has 1 aliphatic heterocycles. The summed E-state index contributed by atoms with van der Waals surface area (Å²) in [7, 11) is 0. The Labute approximate surface area is 190 Å². The second-order valence-electron chi connectivity index (χ2n) is 6.25. The van der Waals surface area contributed by atoms with Crippen molar-refractivity contribution >= 4 is 58.6 Å². The highest BCUT2D eigenvalue weighted by Gasteiger charge is 2.18. The molecule has 3 heterocycles. The minimum absolute atomic E-state index is 0. The number of thiophene rings is 1. The summed E-state index contributed by atoms with van der Waals surface area (Å²) in [5, 5.41) is 2.75. The van der Waals surface area contributed by atoms with Gasteiger partial charge in [0.25, 0.3) is 0 Å². The highest BCUT2D eigenvalue weighted by molar-refractivity contribution is 14.0. The van der Waals surface area contributed by atoms with Gasteiger partial charge in [0.1, 0.15) is 12.0 Å². The topological polar surface area (TPSA) is 70.9 Å². The van der Waals surface area contributed by atoms with E-state index in [1.807, 2.05) is 41.8 Å². The highest BCUT2D eigenvalue weighted by atomic mass is 127. The van der Waals surface area contributed by atoms with E-state index in [9.17, 15) is 0 Å². The zero-order chi connectivity index (χ0) is 18.6. The van der Waals surface area contributed by atoms with Crippen LogP contribution in [0.25, 0.3) is 10.8 Å². The smallest absolute Gasteiger partial charge is 0.236 e. The van der Waals surface area contributed by atoms with Crippen molar-refractivity contribution in [2.75, 3.05) is 31.1 Å². The number of guanidine groups is 1. The van der Waals surface area contributed by atoms with Gasteiger partial charge in [0.05, 0.1) is 11.4 Å². The standard InChI is InChI=1S/C19H20ClN5OS.HI/c20-14-3-5-16(6-4-14)24-7-9-25(10-8-24)19(21)22-12-15-13-26-18(23-15)17-2-1-11-27-17;/h1-6,11,13H,7-10,12H2,(H2,21,22);1H. The molecule has 0 saturated carbocycles. The SMILES string of the molecule is I.NC(=NCc1coc(-c2cccs2)n1)N1CCN(c2ccc(Cl)cc2)CC1. The maximum atomic E-state index is 6.19. The molecule has 1 fully saturated rings. The quantitative estimate of drug-likeness (QED) is 0.310. The van der Waals surface area contributed by atoms with Gasteiger partial charge in [-0.1, -0.05) is 17.7 Å². The van der Waals surface area contributed by atoms with Gasteiger partial charge in [-0.05, 0) is 35.7 Å². The van der Waals surface area contributed by atoms with Crippen LogP contribution in [-0.4, -0.2) is 42.0 Å². The van der Waals surface area contributed by atoms with E-state index in [4.69, 9.17) is 21.8 Å². The van der Waals surface area contributed by atoms with Gasteiger partial charge in [-0.2, -0.15) is 0 Å². The van der Waals surface area contributed by atoms with Crippen molar-refractivity contribution in [2.24, 2.45) is 10.7 Å². The number of nitrogens with zero attached hydrogens (tertiary/aromatic N) is 4. The van der Waals surface area contributed by atoms with Crippen LogP contribution in [0.5, 0.6) is 0 Å². The summed E-state index contributed by atoms with van der Waals surface area (Å²) in [5.41, 5.74) is 8.14. The summed E-state index contributed by atoms with van der Waals surface area (Å²) in [6.07, 6.45) is 1.64. The van der Waals surface area contributed by atoms with Crippen LogP contribution in [0.15, 0.2) is 57.5 Å². The van der Waals surface area contributed by atoms with E-state index in [2.05, 4.69) is 19.8 Å².